The van der Waals surface area contributed by atoms with Crippen molar-refractivity contribution < 1.29 is 23.9 Å². The third-order valence-corrected chi connectivity index (χ3v) is 5.61. The Kier molecular flexibility index (Phi) is 5.27. The van der Waals surface area contributed by atoms with Crippen LogP contribution in [-0.4, -0.2) is 45.3 Å². The first kappa shape index (κ1) is 19.8. The Morgan fingerprint density at radius 2 is 2.00 bits per heavy atom. The zero-order chi connectivity index (χ0) is 19.8. The molecule has 1 unspecified atom stereocenters. The van der Waals surface area contributed by atoms with Crippen molar-refractivity contribution in [3.63, 3.8) is 0 Å². The Morgan fingerprint density at radius 3 is 2.59 bits per heavy atom. The predicted octanol–water partition coefficient (Wildman–Crippen LogP) is 1.96. The fourth-order valence-electron chi connectivity index (χ4n) is 3.62. The summed E-state index contributed by atoms with van der Waals surface area (Å²) in [6.45, 7) is 1.72. The number of halogens is 2. The molecule has 27 heavy (non-hydrogen) atoms. The van der Waals surface area contributed by atoms with Gasteiger partial charge in [-0.15, -0.1) is 0 Å². The zero-order valence-corrected chi connectivity index (χ0v) is 15.8. The molecule has 146 valence electrons. The summed E-state index contributed by atoms with van der Waals surface area (Å²) in [5.74, 6) is -1.92. The van der Waals surface area contributed by atoms with Gasteiger partial charge in [-0.1, -0.05) is 11.6 Å². The van der Waals surface area contributed by atoms with Crippen molar-refractivity contribution in [3.05, 3.63) is 34.6 Å². The lowest BCUT2D eigenvalue weighted by molar-refractivity contribution is -0.156. The smallest absolute Gasteiger partial charge is 0.264 e. The number of aliphatic hydroxyl groups is 1. The molecule has 1 saturated carbocycles. The van der Waals surface area contributed by atoms with Gasteiger partial charge in [0, 0.05) is 36.5 Å². The van der Waals surface area contributed by atoms with E-state index in [0.29, 0.717) is 18.4 Å². The second-order valence-corrected chi connectivity index (χ2v) is 7.89. The van der Waals surface area contributed by atoms with Crippen LogP contribution in [0.5, 0.6) is 0 Å². The topological polar surface area (TPSA) is 86.7 Å². The molecule has 2 fully saturated rings. The van der Waals surface area contributed by atoms with Crippen LogP contribution in [0.1, 0.15) is 44.6 Å². The SMILES string of the molecule is CC(=O)CCC1(N2CCC(O)(C(=O)NCc3cc(F)cc(Cl)c3)C2=O)CC1. The molecule has 0 radical (unpaired) electrons. The fraction of sp³-hybridized carbons (Fsp3) is 0.526. The highest BCUT2D eigenvalue weighted by atomic mass is 35.5. The highest BCUT2D eigenvalue weighted by molar-refractivity contribution is 6.30. The lowest BCUT2D eigenvalue weighted by atomic mass is 10.0. The summed E-state index contributed by atoms with van der Waals surface area (Å²) in [6.07, 6.45) is 2.45. The van der Waals surface area contributed by atoms with Crippen LogP contribution in [0.3, 0.4) is 0 Å². The fourth-order valence-corrected chi connectivity index (χ4v) is 3.86. The van der Waals surface area contributed by atoms with Crippen LogP contribution < -0.4 is 5.32 Å². The molecule has 1 heterocycles. The largest absolute Gasteiger partial charge is 0.372 e. The Morgan fingerprint density at radius 1 is 1.30 bits per heavy atom. The van der Waals surface area contributed by atoms with Crippen molar-refractivity contribution in [3.8, 4) is 0 Å². The van der Waals surface area contributed by atoms with Gasteiger partial charge in [0.1, 0.15) is 11.6 Å². The van der Waals surface area contributed by atoms with E-state index in [1.54, 1.807) is 4.90 Å². The van der Waals surface area contributed by atoms with Crippen LogP contribution in [0.25, 0.3) is 0 Å². The summed E-state index contributed by atoms with van der Waals surface area (Å²) >= 11 is 5.78. The number of ketones is 1. The van der Waals surface area contributed by atoms with E-state index in [4.69, 9.17) is 11.6 Å². The van der Waals surface area contributed by atoms with E-state index < -0.39 is 28.8 Å². The number of rotatable bonds is 7. The highest BCUT2D eigenvalue weighted by Crippen LogP contribution is 2.48. The number of carbonyl (C=O) groups is 3. The minimum Gasteiger partial charge on any atom is -0.372 e. The first-order chi connectivity index (χ1) is 12.7. The molecular weight excluding hydrogens is 375 g/mol. The molecule has 6 nitrogen and oxygen atoms in total. The number of nitrogens with zero attached hydrogens (tertiary/aromatic N) is 1. The van der Waals surface area contributed by atoms with Crippen LogP contribution in [0, 0.1) is 5.82 Å². The van der Waals surface area contributed by atoms with E-state index in [-0.39, 0.29) is 30.3 Å². The van der Waals surface area contributed by atoms with E-state index in [2.05, 4.69) is 5.32 Å². The van der Waals surface area contributed by atoms with Gasteiger partial charge in [0.25, 0.3) is 11.8 Å². The van der Waals surface area contributed by atoms with Gasteiger partial charge in [0.15, 0.2) is 0 Å². The molecular formula is C19H22ClFN2O4. The lowest BCUT2D eigenvalue weighted by Crippen LogP contribution is -2.54. The van der Waals surface area contributed by atoms with Crippen molar-refractivity contribution in [1.82, 2.24) is 10.2 Å². The second kappa shape index (κ2) is 7.20. The van der Waals surface area contributed by atoms with Gasteiger partial charge in [-0.2, -0.15) is 0 Å². The van der Waals surface area contributed by atoms with E-state index in [9.17, 15) is 23.9 Å². The summed E-state index contributed by atoms with van der Waals surface area (Å²) < 4.78 is 13.4. The zero-order valence-electron chi connectivity index (χ0n) is 15.1. The summed E-state index contributed by atoms with van der Waals surface area (Å²) in [4.78, 5) is 38.1. The van der Waals surface area contributed by atoms with Crippen molar-refractivity contribution in [1.29, 1.82) is 0 Å². The number of benzene rings is 1. The maximum atomic E-state index is 13.4. The van der Waals surface area contributed by atoms with Gasteiger partial charge < -0.3 is 20.1 Å². The Labute approximate surface area is 161 Å². The number of Topliss-reactive ketones (excluding diaryl/α,β-unsaturated/α-hetero) is 1. The molecule has 1 aliphatic carbocycles. The number of amides is 2. The van der Waals surface area contributed by atoms with Crippen LogP contribution in [0.4, 0.5) is 4.39 Å². The molecule has 1 aliphatic heterocycles. The monoisotopic (exact) mass is 396 g/mol. The number of carbonyl (C=O) groups excluding carboxylic acids is 3. The molecule has 1 saturated heterocycles. The average molecular weight is 397 g/mol. The number of likely N-dealkylation sites (tertiary alicyclic amines) is 1. The van der Waals surface area contributed by atoms with Gasteiger partial charge in [0.05, 0.1) is 0 Å². The Bertz CT molecular complexity index is 776. The summed E-state index contributed by atoms with van der Waals surface area (Å²) in [7, 11) is 0. The normalized spacial score (nSPS) is 23.4. The maximum absolute atomic E-state index is 13.4. The van der Waals surface area contributed by atoms with Gasteiger partial charge in [-0.3, -0.25) is 9.59 Å². The van der Waals surface area contributed by atoms with Crippen molar-refractivity contribution in [2.24, 2.45) is 0 Å². The third kappa shape index (κ3) is 3.99. The van der Waals surface area contributed by atoms with Crippen molar-refractivity contribution in [2.75, 3.05) is 6.54 Å². The van der Waals surface area contributed by atoms with Gasteiger partial charge >= 0.3 is 0 Å². The molecule has 1 aromatic rings. The minimum atomic E-state index is -2.14. The average Bonchev–Trinajstić information content (AvgIpc) is 3.31. The molecule has 8 heteroatoms. The molecule has 1 atom stereocenters. The first-order valence-electron chi connectivity index (χ1n) is 8.93. The van der Waals surface area contributed by atoms with Gasteiger partial charge in [-0.25, -0.2) is 4.39 Å². The summed E-state index contributed by atoms with van der Waals surface area (Å²) in [5.41, 5.74) is -2.12. The number of hydrogen-bond acceptors (Lipinski definition) is 4. The molecule has 2 amide bonds. The minimum absolute atomic E-state index is 0.0105. The maximum Gasteiger partial charge on any atom is 0.264 e. The molecule has 0 spiro atoms. The molecule has 0 aromatic heterocycles. The van der Waals surface area contributed by atoms with Crippen LogP contribution in [-0.2, 0) is 20.9 Å². The summed E-state index contributed by atoms with van der Waals surface area (Å²) in [6, 6.07) is 3.87. The van der Waals surface area contributed by atoms with Gasteiger partial charge in [0.2, 0.25) is 5.60 Å². The van der Waals surface area contributed by atoms with Crippen LogP contribution >= 0.6 is 11.6 Å². The Balaban J connectivity index is 1.65. The Hall–Kier alpha value is -1.99. The molecule has 3 rings (SSSR count). The van der Waals surface area contributed by atoms with Crippen molar-refractivity contribution >= 4 is 29.2 Å². The van der Waals surface area contributed by atoms with E-state index >= 15 is 0 Å². The first-order valence-corrected chi connectivity index (χ1v) is 9.31. The highest BCUT2D eigenvalue weighted by Gasteiger charge is 2.60. The van der Waals surface area contributed by atoms with Gasteiger partial charge in [-0.05, 0) is 49.9 Å². The predicted molar refractivity (Wildman–Crippen MR) is 96.4 cm³/mol. The molecule has 0 bridgehead atoms. The van der Waals surface area contributed by atoms with Crippen molar-refractivity contribution in [2.45, 2.75) is 56.7 Å². The quantitative estimate of drug-likeness (QED) is 0.690. The third-order valence-electron chi connectivity index (χ3n) is 5.39. The standard InChI is InChI=1S/C19H22ClFN2O4/c1-12(24)2-3-18(4-5-18)23-7-6-19(27,17(23)26)16(25)22-11-13-8-14(20)10-15(21)9-13/h8-10,27H,2-7,11H2,1H3,(H,22,25). The van der Waals surface area contributed by atoms with Crippen LogP contribution in [0.2, 0.25) is 5.02 Å². The molecule has 2 aliphatic rings. The second-order valence-electron chi connectivity index (χ2n) is 7.45. The van der Waals surface area contributed by atoms with E-state index in [1.807, 2.05) is 0 Å². The number of hydrogen-bond donors (Lipinski definition) is 2. The lowest BCUT2D eigenvalue weighted by Gasteiger charge is -2.29. The summed E-state index contributed by atoms with van der Waals surface area (Å²) in [5, 5.41) is 13.4. The number of nitrogens with one attached hydrogen (secondary N) is 1. The molecule has 2 N–H and O–H groups in total. The van der Waals surface area contributed by atoms with E-state index in [1.165, 1.54) is 19.1 Å². The van der Waals surface area contributed by atoms with Crippen LogP contribution in [0.15, 0.2) is 18.2 Å². The molecule has 1 aromatic carbocycles. The van der Waals surface area contributed by atoms with E-state index in [0.717, 1.165) is 18.9 Å².